The second kappa shape index (κ2) is 7.58. The summed E-state index contributed by atoms with van der Waals surface area (Å²) in [4.78, 5) is 18.1. The lowest BCUT2D eigenvalue weighted by atomic mass is 9.76. The van der Waals surface area contributed by atoms with Crippen molar-refractivity contribution in [1.29, 1.82) is 0 Å². The molecule has 0 bridgehead atoms. The number of hydrogen-bond acceptors (Lipinski definition) is 3. The lowest BCUT2D eigenvalue weighted by Crippen LogP contribution is -2.42. The minimum absolute atomic E-state index is 0.0458. The lowest BCUT2D eigenvalue weighted by molar-refractivity contribution is 0.0588. The number of aromatic amines is 2. The fourth-order valence-electron chi connectivity index (χ4n) is 4.59. The Morgan fingerprint density at radius 3 is 2.77 bits per heavy atom. The van der Waals surface area contributed by atoms with Gasteiger partial charge in [-0.25, -0.2) is 0 Å². The Hall–Kier alpha value is -2.60. The summed E-state index contributed by atoms with van der Waals surface area (Å²) < 4.78 is 0. The number of aromatic nitrogens is 3. The maximum atomic E-state index is 13.0. The van der Waals surface area contributed by atoms with Gasteiger partial charge in [-0.15, -0.1) is 0 Å². The van der Waals surface area contributed by atoms with Gasteiger partial charge < -0.3 is 15.0 Å². The molecule has 0 fully saturated rings. The van der Waals surface area contributed by atoms with Crippen molar-refractivity contribution >= 4 is 16.8 Å². The number of benzene rings is 1. The Morgan fingerprint density at radius 2 is 2.07 bits per heavy atom. The van der Waals surface area contributed by atoms with Gasteiger partial charge in [0.15, 0.2) is 0 Å². The van der Waals surface area contributed by atoms with E-state index in [1.165, 1.54) is 11.3 Å². The predicted molar refractivity (Wildman–Crippen MR) is 119 cm³/mol. The zero-order valence-electron chi connectivity index (χ0n) is 18.5. The molecule has 1 amide bonds. The zero-order valence-corrected chi connectivity index (χ0v) is 18.5. The number of rotatable bonds is 5. The summed E-state index contributed by atoms with van der Waals surface area (Å²) >= 11 is 0. The van der Waals surface area contributed by atoms with Crippen molar-refractivity contribution in [2.24, 2.45) is 11.3 Å². The third-order valence-electron chi connectivity index (χ3n) is 6.56. The molecule has 1 aliphatic rings. The van der Waals surface area contributed by atoms with Crippen LogP contribution in [0.1, 0.15) is 55.7 Å². The number of aliphatic hydroxyl groups is 1. The maximum absolute atomic E-state index is 13.0. The molecule has 1 aromatic carbocycles. The van der Waals surface area contributed by atoms with E-state index in [1.54, 1.807) is 11.9 Å². The van der Waals surface area contributed by atoms with Gasteiger partial charge in [0.1, 0.15) is 5.69 Å². The van der Waals surface area contributed by atoms with Crippen molar-refractivity contribution in [3.05, 3.63) is 41.1 Å². The van der Waals surface area contributed by atoms with E-state index in [9.17, 15) is 9.90 Å². The normalized spacial score (nSPS) is 16.6. The average Bonchev–Trinajstić information content (AvgIpc) is 3.29. The quantitative estimate of drug-likeness (QED) is 0.592. The Kier molecular flexibility index (Phi) is 5.22. The predicted octanol–water partition coefficient (Wildman–Crippen LogP) is 4.16. The Balaban J connectivity index is 1.64. The molecule has 3 N–H and O–H groups in total. The summed E-state index contributed by atoms with van der Waals surface area (Å²) in [6.45, 7) is 8.58. The number of aliphatic hydroxyl groups excluding tert-OH is 1. The van der Waals surface area contributed by atoms with E-state index >= 15 is 0 Å². The van der Waals surface area contributed by atoms with Gasteiger partial charge in [0.2, 0.25) is 0 Å². The van der Waals surface area contributed by atoms with Gasteiger partial charge in [0, 0.05) is 34.8 Å². The maximum Gasteiger partial charge on any atom is 0.254 e. The van der Waals surface area contributed by atoms with Crippen LogP contribution in [0.3, 0.4) is 0 Å². The van der Waals surface area contributed by atoms with Crippen molar-refractivity contribution in [3.63, 3.8) is 0 Å². The van der Waals surface area contributed by atoms with E-state index in [0.717, 1.165) is 41.6 Å². The molecule has 160 valence electrons. The minimum Gasteiger partial charge on any atom is -0.394 e. The monoisotopic (exact) mass is 408 g/mol. The summed E-state index contributed by atoms with van der Waals surface area (Å²) in [5.74, 6) is 0.0979. The van der Waals surface area contributed by atoms with Crippen LogP contribution in [-0.4, -0.2) is 50.8 Å². The second-order valence-corrected chi connectivity index (χ2v) is 9.77. The number of amides is 1. The van der Waals surface area contributed by atoms with Crippen LogP contribution in [0.5, 0.6) is 0 Å². The number of likely N-dealkylation sites (N-methyl/N-ethyl adjacent to an activating group) is 1. The van der Waals surface area contributed by atoms with E-state index in [4.69, 9.17) is 0 Å². The largest absolute Gasteiger partial charge is 0.394 e. The van der Waals surface area contributed by atoms with E-state index in [0.29, 0.717) is 11.0 Å². The highest BCUT2D eigenvalue weighted by molar-refractivity contribution is 5.98. The smallest absolute Gasteiger partial charge is 0.254 e. The van der Waals surface area contributed by atoms with Crippen LogP contribution in [0.25, 0.3) is 22.3 Å². The molecule has 0 saturated heterocycles. The van der Waals surface area contributed by atoms with Gasteiger partial charge in [-0.2, -0.15) is 5.10 Å². The first kappa shape index (κ1) is 20.7. The van der Waals surface area contributed by atoms with Crippen LogP contribution in [-0.2, 0) is 12.8 Å². The van der Waals surface area contributed by atoms with Gasteiger partial charge in [-0.1, -0.05) is 33.8 Å². The topological polar surface area (TPSA) is 85.0 Å². The molecule has 0 radical (unpaired) electrons. The average molecular weight is 409 g/mol. The molecule has 4 rings (SSSR count). The van der Waals surface area contributed by atoms with Crippen molar-refractivity contribution in [2.75, 3.05) is 13.7 Å². The molecule has 1 unspecified atom stereocenters. The van der Waals surface area contributed by atoms with Crippen molar-refractivity contribution in [2.45, 2.75) is 53.0 Å². The summed E-state index contributed by atoms with van der Waals surface area (Å²) in [6, 6.07) is 7.63. The number of fused-ring (bicyclic) bond motifs is 2. The van der Waals surface area contributed by atoms with Gasteiger partial charge in [-0.05, 0) is 48.8 Å². The number of carbonyl (C=O) groups excluding carboxylic acids is 1. The number of hydrogen-bond donors (Lipinski definition) is 3. The van der Waals surface area contributed by atoms with E-state index in [2.05, 4.69) is 35.1 Å². The van der Waals surface area contributed by atoms with E-state index in [-0.39, 0.29) is 24.5 Å². The fourth-order valence-corrected chi connectivity index (χ4v) is 4.59. The standard InChI is InChI=1S/C24H32N4O2/c1-14(2)21(13-29)28(5)23(30)16-7-6-15-10-19(25-18(15)11-16)22-17-8-9-24(3,4)12-20(17)26-27-22/h6-7,10-11,14,21,25,29H,8-9,12-13H2,1-5H3,(H,26,27). The van der Waals surface area contributed by atoms with Crippen LogP contribution in [0.4, 0.5) is 0 Å². The first-order valence-electron chi connectivity index (χ1n) is 10.8. The summed E-state index contributed by atoms with van der Waals surface area (Å²) in [5, 5.41) is 18.6. The van der Waals surface area contributed by atoms with Gasteiger partial charge in [0.05, 0.1) is 18.3 Å². The van der Waals surface area contributed by atoms with E-state index in [1.807, 2.05) is 32.0 Å². The second-order valence-electron chi connectivity index (χ2n) is 9.77. The van der Waals surface area contributed by atoms with Gasteiger partial charge >= 0.3 is 0 Å². The molecule has 30 heavy (non-hydrogen) atoms. The molecule has 2 aromatic heterocycles. The number of carbonyl (C=O) groups is 1. The third-order valence-corrected chi connectivity index (χ3v) is 6.56. The van der Waals surface area contributed by atoms with Crippen molar-refractivity contribution < 1.29 is 9.90 Å². The molecular weight excluding hydrogens is 376 g/mol. The molecule has 6 nitrogen and oxygen atoms in total. The number of H-pyrrole nitrogens is 2. The first-order chi connectivity index (χ1) is 14.2. The Bertz CT molecular complexity index is 1080. The highest BCUT2D eigenvalue weighted by Gasteiger charge is 2.29. The van der Waals surface area contributed by atoms with Crippen LogP contribution in [0.15, 0.2) is 24.3 Å². The first-order valence-corrected chi connectivity index (χ1v) is 10.8. The van der Waals surface area contributed by atoms with Crippen LogP contribution in [0, 0.1) is 11.3 Å². The van der Waals surface area contributed by atoms with Crippen molar-refractivity contribution in [3.8, 4) is 11.4 Å². The van der Waals surface area contributed by atoms with E-state index < -0.39 is 0 Å². The Morgan fingerprint density at radius 1 is 1.30 bits per heavy atom. The Labute approximate surface area is 177 Å². The molecular formula is C24H32N4O2. The number of nitrogens with one attached hydrogen (secondary N) is 2. The number of nitrogens with zero attached hydrogens (tertiary/aromatic N) is 2. The van der Waals surface area contributed by atoms with Gasteiger partial charge in [-0.3, -0.25) is 9.89 Å². The highest BCUT2D eigenvalue weighted by atomic mass is 16.3. The van der Waals surface area contributed by atoms with Crippen LogP contribution < -0.4 is 0 Å². The fraction of sp³-hybridized carbons (Fsp3) is 0.500. The molecule has 2 heterocycles. The highest BCUT2D eigenvalue weighted by Crippen LogP contribution is 2.38. The summed E-state index contributed by atoms with van der Waals surface area (Å²) in [6.07, 6.45) is 3.19. The van der Waals surface area contributed by atoms with Crippen LogP contribution >= 0.6 is 0 Å². The molecule has 1 aliphatic carbocycles. The SMILES string of the molecule is CC(C)C(CO)N(C)C(=O)c1ccc2cc(-c3n[nH]c4c3CCC(C)(C)C4)[nH]c2c1. The zero-order chi connectivity index (χ0) is 21.6. The summed E-state index contributed by atoms with van der Waals surface area (Å²) in [7, 11) is 1.76. The molecule has 6 heteroatoms. The minimum atomic E-state index is -0.202. The van der Waals surface area contributed by atoms with Crippen molar-refractivity contribution in [1.82, 2.24) is 20.1 Å². The van der Waals surface area contributed by atoms with Gasteiger partial charge in [0.25, 0.3) is 5.91 Å². The summed E-state index contributed by atoms with van der Waals surface area (Å²) in [5.41, 5.74) is 6.35. The molecule has 0 aliphatic heterocycles. The lowest BCUT2D eigenvalue weighted by Gasteiger charge is -2.29. The van der Waals surface area contributed by atoms with Crippen LogP contribution in [0.2, 0.25) is 0 Å². The third kappa shape index (κ3) is 3.65. The molecule has 0 spiro atoms. The molecule has 1 atom stereocenters. The molecule has 0 saturated carbocycles. The molecule has 3 aromatic rings.